The fourth-order valence-electron chi connectivity index (χ4n) is 3.90. The van der Waals surface area contributed by atoms with E-state index in [9.17, 15) is 5.11 Å². The Morgan fingerprint density at radius 2 is 1.65 bits per heavy atom. The quantitative estimate of drug-likeness (QED) is 0.771. The molecule has 0 aliphatic heterocycles. The van der Waals surface area contributed by atoms with E-state index in [1.54, 1.807) is 0 Å². The zero-order valence-electron chi connectivity index (χ0n) is 11.3. The van der Waals surface area contributed by atoms with Crippen molar-refractivity contribution in [1.82, 2.24) is 4.90 Å². The fourth-order valence-corrected chi connectivity index (χ4v) is 3.90. The number of aliphatic hydroxyl groups excluding tert-OH is 1. The van der Waals surface area contributed by atoms with Crippen molar-refractivity contribution in [2.45, 2.75) is 63.1 Å². The highest BCUT2D eigenvalue weighted by atomic mass is 16.3. The van der Waals surface area contributed by atoms with Crippen molar-refractivity contribution in [3.8, 4) is 0 Å². The first kappa shape index (κ1) is 13.3. The third kappa shape index (κ3) is 3.21. The first-order chi connectivity index (χ1) is 8.08. The summed E-state index contributed by atoms with van der Waals surface area (Å²) in [6, 6.07) is 1.11. The van der Waals surface area contributed by atoms with Gasteiger partial charge in [0.2, 0.25) is 0 Å². The van der Waals surface area contributed by atoms with Crippen molar-refractivity contribution in [2.75, 3.05) is 14.1 Å². The fraction of sp³-hybridized carbons (Fsp3) is 1.00. The molecular weight excluding hydrogens is 212 g/mol. The molecule has 3 unspecified atom stereocenters. The monoisotopic (exact) mass is 240 g/mol. The van der Waals surface area contributed by atoms with Gasteiger partial charge < -0.3 is 15.7 Å². The third-order valence-electron chi connectivity index (χ3n) is 4.91. The number of nitrogens with two attached hydrogens (primary N) is 1. The number of hydrogen-bond donors (Lipinski definition) is 2. The minimum absolute atomic E-state index is 0.0404. The lowest BCUT2D eigenvalue weighted by Crippen LogP contribution is -2.47. The van der Waals surface area contributed by atoms with Crippen LogP contribution in [-0.4, -0.2) is 42.3 Å². The molecule has 100 valence electrons. The molecule has 2 aliphatic rings. The average Bonchev–Trinajstić information content (AvgIpc) is 2.29. The average molecular weight is 240 g/mol. The van der Waals surface area contributed by atoms with Gasteiger partial charge in [0.05, 0.1) is 6.10 Å². The van der Waals surface area contributed by atoms with Gasteiger partial charge >= 0.3 is 0 Å². The van der Waals surface area contributed by atoms with Crippen molar-refractivity contribution in [3.05, 3.63) is 0 Å². The summed E-state index contributed by atoms with van der Waals surface area (Å²) in [5.74, 6) is 1.54. The second-order valence-corrected chi connectivity index (χ2v) is 6.34. The maximum atomic E-state index is 9.62. The second-order valence-electron chi connectivity index (χ2n) is 6.34. The molecule has 0 aromatic rings. The van der Waals surface area contributed by atoms with Crippen LogP contribution in [0.1, 0.15) is 44.9 Å². The molecule has 0 aromatic heterocycles. The van der Waals surface area contributed by atoms with Gasteiger partial charge in [-0.15, -0.1) is 0 Å². The lowest BCUT2D eigenvalue weighted by atomic mass is 9.69. The van der Waals surface area contributed by atoms with E-state index in [4.69, 9.17) is 5.73 Å². The maximum absolute atomic E-state index is 9.62. The van der Waals surface area contributed by atoms with Gasteiger partial charge in [0.25, 0.3) is 0 Å². The van der Waals surface area contributed by atoms with E-state index in [-0.39, 0.29) is 6.10 Å². The van der Waals surface area contributed by atoms with E-state index in [0.717, 1.165) is 24.7 Å². The van der Waals surface area contributed by atoms with E-state index in [0.29, 0.717) is 12.1 Å². The number of nitrogens with zero attached hydrogens (tertiary/aromatic N) is 1. The summed E-state index contributed by atoms with van der Waals surface area (Å²) in [5.41, 5.74) is 6.15. The van der Waals surface area contributed by atoms with Crippen LogP contribution in [0.25, 0.3) is 0 Å². The Labute approximate surface area is 105 Å². The predicted octanol–water partition coefficient (Wildman–Crippen LogP) is 1.60. The lowest BCUT2D eigenvalue weighted by molar-refractivity contribution is 0.0438. The summed E-state index contributed by atoms with van der Waals surface area (Å²) in [6.07, 6.45) is 7.95. The lowest BCUT2D eigenvalue weighted by Gasteiger charge is -2.44. The van der Waals surface area contributed by atoms with Crippen LogP contribution in [0.2, 0.25) is 0 Å². The summed E-state index contributed by atoms with van der Waals surface area (Å²) in [7, 11) is 4.40. The van der Waals surface area contributed by atoms with Crippen LogP contribution in [0, 0.1) is 11.8 Å². The predicted molar refractivity (Wildman–Crippen MR) is 70.8 cm³/mol. The number of aliphatic hydroxyl groups is 1. The van der Waals surface area contributed by atoms with Gasteiger partial charge in [-0.05, 0) is 70.9 Å². The molecule has 0 aromatic carbocycles. The molecule has 0 amide bonds. The van der Waals surface area contributed by atoms with Crippen molar-refractivity contribution >= 4 is 0 Å². The van der Waals surface area contributed by atoms with E-state index < -0.39 is 0 Å². The van der Waals surface area contributed by atoms with Gasteiger partial charge in [0.1, 0.15) is 0 Å². The van der Waals surface area contributed by atoms with Crippen LogP contribution in [0.4, 0.5) is 0 Å². The molecule has 3 N–H and O–H groups in total. The van der Waals surface area contributed by atoms with Gasteiger partial charge in [-0.3, -0.25) is 0 Å². The first-order valence-electron chi connectivity index (χ1n) is 7.18. The van der Waals surface area contributed by atoms with Crippen molar-refractivity contribution in [2.24, 2.45) is 17.6 Å². The summed E-state index contributed by atoms with van der Waals surface area (Å²) in [4.78, 5) is 2.39. The molecule has 0 heterocycles. The summed E-state index contributed by atoms with van der Waals surface area (Å²) >= 11 is 0. The minimum atomic E-state index is -0.0404. The Morgan fingerprint density at radius 1 is 1.00 bits per heavy atom. The summed E-state index contributed by atoms with van der Waals surface area (Å²) in [6.45, 7) is 0. The molecule has 2 rings (SSSR count). The van der Waals surface area contributed by atoms with Gasteiger partial charge in [-0.25, -0.2) is 0 Å². The second kappa shape index (κ2) is 5.68. The zero-order chi connectivity index (χ0) is 12.4. The molecule has 2 saturated carbocycles. The van der Waals surface area contributed by atoms with Gasteiger partial charge in [-0.1, -0.05) is 0 Å². The van der Waals surface area contributed by atoms with E-state index in [1.165, 1.54) is 32.1 Å². The van der Waals surface area contributed by atoms with Crippen molar-refractivity contribution < 1.29 is 5.11 Å². The van der Waals surface area contributed by atoms with E-state index in [2.05, 4.69) is 19.0 Å². The third-order valence-corrected chi connectivity index (χ3v) is 4.91. The normalized spacial score (nSPS) is 43.9. The molecule has 2 aliphatic carbocycles. The molecule has 0 radical (unpaired) electrons. The summed E-state index contributed by atoms with van der Waals surface area (Å²) < 4.78 is 0. The van der Waals surface area contributed by atoms with E-state index >= 15 is 0 Å². The van der Waals surface area contributed by atoms with Crippen LogP contribution < -0.4 is 5.73 Å². The van der Waals surface area contributed by atoms with Gasteiger partial charge in [-0.2, -0.15) is 0 Å². The molecule has 0 spiro atoms. The Bertz CT molecular complexity index is 236. The van der Waals surface area contributed by atoms with Crippen molar-refractivity contribution in [1.29, 1.82) is 0 Å². The topological polar surface area (TPSA) is 49.5 Å². The van der Waals surface area contributed by atoms with Crippen LogP contribution in [0.15, 0.2) is 0 Å². The largest absolute Gasteiger partial charge is 0.393 e. The highest BCUT2D eigenvalue weighted by Gasteiger charge is 2.36. The van der Waals surface area contributed by atoms with Crippen LogP contribution in [0.5, 0.6) is 0 Å². The molecule has 2 fully saturated rings. The molecule has 0 saturated heterocycles. The standard InChI is InChI=1S/C14H28N2O/c1-16(2)14-8-5-11(15)9-13(14)10-3-6-12(17)7-4-10/h10-14,17H,3-9,15H2,1-2H3. The zero-order valence-corrected chi connectivity index (χ0v) is 11.3. The van der Waals surface area contributed by atoms with E-state index in [1.807, 2.05) is 0 Å². The molecule has 17 heavy (non-hydrogen) atoms. The SMILES string of the molecule is CN(C)C1CCC(N)CC1C1CCC(O)CC1. The Hall–Kier alpha value is -0.120. The molecule has 3 nitrogen and oxygen atoms in total. The van der Waals surface area contributed by atoms with Crippen molar-refractivity contribution in [3.63, 3.8) is 0 Å². The van der Waals surface area contributed by atoms with Crippen LogP contribution >= 0.6 is 0 Å². The highest BCUT2D eigenvalue weighted by molar-refractivity contribution is 4.91. The molecule has 0 bridgehead atoms. The molecule has 3 heteroatoms. The summed E-state index contributed by atoms with van der Waals surface area (Å²) in [5, 5.41) is 9.62. The Balaban J connectivity index is 1.99. The maximum Gasteiger partial charge on any atom is 0.0540 e. The molecule has 3 atom stereocenters. The minimum Gasteiger partial charge on any atom is -0.393 e. The molecular formula is C14H28N2O. The van der Waals surface area contributed by atoms with Crippen LogP contribution in [-0.2, 0) is 0 Å². The van der Waals surface area contributed by atoms with Gasteiger partial charge in [0, 0.05) is 12.1 Å². The Morgan fingerprint density at radius 3 is 2.24 bits per heavy atom. The number of rotatable bonds is 2. The van der Waals surface area contributed by atoms with Crippen LogP contribution in [0.3, 0.4) is 0 Å². The first-order valence-corrected chi connectivity index (χ1v) is 7.18. The smallest absolute Gasteiger partial charge is 0.0540 e. The number of hydrogen-bond acceptors (Lipinski definition) is 3. The Kier molecular flexibility index (Phi) is 4.45. The highest BCUT2D eigenvalue weighted by Crippen LogP contribution is 2.39. The van der Waals surface area contributed by atoms with Gasteiger partial charge in [0.15, 0.2) is 0 Å².